The Hall–Kier alpha value is 1.87. The third-order valence-corrected chi connectivity index (χ3v) is 45.9. The van der Waals surface area contributed by atoms with E-state index in [2.05, 4.69) is 72.0 Å². The van der Waals surface area contributed by atoms with E-state index in [0.29, 0.717) is 0 Å². The molecule has 0 aliphatic rings. The Morgan fingerprint density at radius 3 is 0.500 bits per heavy atom. The van der Waals surface area contributed by atoms with Gasteiger partial charge in [-0.3, -0.25) is 0 Å². The van der Waals surface area contributed by atoms with Gasteiger partial charge in [0.25, 0.3) is 0 Å². The Balaban J connectivity index is 5.57. The fourth-order valence-electron chi connectivity index (χ4n) is 6.34. The molecule has 24 heteroatoms. The fourth-order valence-corrected chi connectivity index (χ4v) is 58.9. The van der Waals surface area contributed by atoms with Gasteiger partial charge in [0.15, 0.2) is 8.32 Å². The van der Waals surface area contributed by atoms with E-state index in [0.717, 1.165) is 0 Å². The average Bonchev–Trinajstić information content (AvgIpc) is 2.68. The molecular formula is C24H72O13Si11. The predicted molar refractivity (Wildman–Crippen MR) is 218 cm³/mol. The van der Waals surface area contributed by atoms with Crippen LogP contribution in [0.4, 0.5) is 0 Å². The third kappa shape index (κ3) is 20.9. The Morgan fingerprint density at radius 2 is 0.354 bits per heavy atom. The largest absolute Gasteiger partial charge is 0.669 e. The molecular weight excluding hydrogens is 805 g/mol. The highest BCUT2D eigenvalue weighted by molar-refractivity contribution is 6.93. The van der Waals surface area contributed by atoms with Gasteiger partial charge in [-0.05, 0) is 137 Å². The first-order valence-electron chi connectivity index (χ1n) is 16.4. The molecule has 0 N–H and O–H groups in total. The maximum atomic E-state index is 6.76. The monoisotopic (exact) mass is 876 g/mol. The Bertz CT molecular complexity index is 1010. The van der Waals surface area contributed by atoms with Gasteiger partial charge in [-0.25, -0.2) is 0 Å². The molecule has 0 spiro atoms. The summed E-state index contributed by atoms with van der Waals surface area (Å²) in [5.74, 6) is 0. The molecule has 0 amide bonds. The first kappa shape index (κ1) is 49.9. The normalized spacial score (nSPS) is 15.8. The predicted octanol–water partition coefficient (Wildman–Crippen LogP) is 7.68. The molecule has 0 aliphatic heterocycles. The zero-order chi connectivity index (χ0) is 38.7. The van der Waals surface area contributed by atoms with Crippen LogP contribution in [-0.4, -0.2) is 116 Å². The standard InChI is InChI=1S/C24H72O13Si11/c1-25-48(26-2,27-3)37-47(23,24)36-46(21,22)35-45(19,20)34-44(17,18)33-43(15,16)32-42(13,14)31-41(11,12)30-40(9,10)29-39(7,8)28-38(4,5)6/h1-24H3. The van der Waals surface area contributed by atoms with Gasteiger partial charge in [-0.1, -0.05) is 0 Å². The van der Waals surface area contributed by atoms with Gasteiger partial charge < -0.3 is 54.4 Å². The molecule has 48 heavy (non-hydrogen) atoms. The second-order valence-electron chi connectivity index (χ2n) is 16.8. The van der Waals surface area contributed by atoms with Crippen molar-refractivity contribution in [1.82, 2.24) is 0 Å². The molecule has 0 radical (unpaired) electrons. The van der Waals surface area contributed by atoms with Crippen molar-refractivity contribution in [2.24, 2.45) is 0 Å². The van der Waals surface area contributed by atoms with Gasteiger partial charge in [0.2, 0.25) is 0 Å². The summed E-state index contributed by atoms with van der Waals surface area (Å²) in [6.45, 7) is 43.2. The van der Waals surface area contributed by atoms with Crippen molar-refractivity contribution in [2.75, 3.05) is 21.3 Å². The van der Waals surface area contributed by atoms with E-state index >= 15 is 0 Å². The summed E-state index contributed by atoms with van der Waals surface area (Å²) in [4.78, 5) is 0. The van der Waals surface area contributed by atoms with Crippen LogP contribution in [0.25, 0.3) is 0 Å². The molecule has 0 fully saturated rings. The van der Waals surface area contributed by atoms with Crippen LogP contribution in [0.15, 0.2) is 0 Å². The quantitative estimate of drug-likeness (QED) is 0.0935. The van der Waals surface area contributed by atoms with E-state index in [1.807, 2.05) is 65.5 Å². The van der Waals surface area contributed by atoms with Crippen LogP contribution in [-0.2, 0) is 54.4 Å². The Labute approximate surface area is 306 Å². The molecule has 0 saturated carbocycles. The highest BCUT2D eigenvalue weighted by Gasteiger charge is 2.53. The topological polar surface area (TPSA) is 120 Å². The van der Waals surface area contributed by atoms with Gasteiger partial charge in [-0.2, -0.15) is 0 Å². The van der Waals surface area contributed by atoms with Crippen molar-refractivity contribution in [3.05, 3.63) is 0 Å². The lowest BCUT2D eigenvalue weighted by molar-refractivity contribution is 0.0404. The highest BCUT2D eigenvalue weighted by atomic mass is 28.5. The Morgan fingerprint density at radius 1 is 0.208 bits per heavy atom. The molecule has 290 valence electrons. The highest BCUT2D eigenvalue weighted by Crippen LogP contribution is 2.31. The number of rotatable bonds is 23. The van der Waals surface area contributed by atoms with E-state index in [1.165, 1.54) is 21.3 Å². The zero-order valence-corrected chi connectivity index (χ0v) is 45.8. The molecule has 0 aromatic rings. The molecule has 0 saturated heterocycles. The van der Waals surface area contributed by atoms with Crippen LogP contribution in [0.2, 0.25) is 137 Å². The second-order valence-corrected chi connectivity index (χ2v) is 56.7. The van der Waals surface area contributed by atoms with E-state index in [-0.39, 0.29) is 0 Å². The van der Waals surface area contributed by atoms with Crippen molar-refractivity contribution < 1.29 is 54.4 Å². The third-order valence-electron chi connectivity index (χ3n) is 5.61. The fraction of sp³-hybridized carbons (Fsp3) is 1.00. The summed E-state index contributed by atoms with van der Waals surface area (Å²) < 4.78 is 82.5. The molecule has 0 atom stereocenters. The molecule has 13 nitrogen and oxygen atoms in total. The lowest BCUT2D eigenvalue weighted by Crippen LogP contribution is -2.63. The second kappa shape index (κ2) is 17.1. The zero-order valence-electron chi connectivity index (χ0n) is 34.8. The Kier molecular flexibility index (Phi) is 17.8. The minimum atomic E-state index is -3.30. The van der Waals surface area contributed by atoms with Crippen LogP contribution >= 0.6 is 0 Å². The van der Waals surface area contributed by atoms with E-state index < -0.39 is 94.4 Å². The van der Waals surface area contributed by atoms with Gasteiger partial charge in [0, 0.05) is 21.3 Å². The van der Waals surface area contributed by atoms with Crippen molar-refractivity contribution in [1.29, 1.82) is 0 Å². The van der Waals surface area contributed by atoms with Crippen LogP contribution < -0.4 is 0 Å². The van der Waals surface area contributed by atoms with Crippen molar-refractivity contribution >= 4 is 94.4 Å². The minimum Gasteiger partial charge on any atom is -0.437 e. The molecule has 0 rings (SSSR count). The maximum absolute atomic E-state index is 6.76. The maximum Gasteiger partial charge on any atom is 0.669 e. The summed E-state index contributed by atoms with van der Waals surface area (Å²) in [5, 5.41) is 0. The number of hydrogen-bond donors (Lipinski definition) is 0. The lowest BCUT2D eigenvalue weighted by Gasteiger charge is -2.44. The summed E-state index contributed by atoms with van der Waals surface area (Å²) in [5.41, 5.74) is 0. The van der Waals surface area contributed by atoms with E-state index in [1.54, 1.807) is 0 Å². The first-order valence-corrected chi connectivity index (χ1v) is 46.8. The summed E-state index contributed by atoms with van der Waals surface area (Å²) in [7, 11) is -24.5. The molecule has 0 bridgehead atoms. The van der Waals surface area contributed by atoms with Crippen molar-refractivity contribution in [2.45, 2.75) is 137 Å². The summed E-state index contributed by atoms with van der Waals surface area (Å²) in [6.07, 6.45) is 0. The smallest absolute Gasteiger partial charge is 0.437 e. The number of hydrogen-bond acceptors (Lipinski definition) is 13. The van der Waals surface area contributed by atoms with Crippen LogP contribution in [0.1, 0.15) is 0 Å². The summed E-state index contributed by atoms with van der Waals surface area (Å²) >= 11 is 0. The average molecular weight is 878 g/mol. The van der Waals surface area contributed by atoms with E-state index in [4.69, 9.17) is 54.4 Å². The SMILES string of the molecule is CO[Si](OC)(OC)O[Si](C)(C)O[Si](C)(C)O[Si](C)(C)O[Si](C)(C)O[Si](C)(C)O[Si](C)(C)O[Si](C)(C)O[Si](C)(C)O[Si](C)(C)O[Si](C)(C)C. The van der Waals surface area contributed by atoms with Gasteiger partial charge >= 0.3 is 86.1 Å². The summed E-state index contributed by atoms with van der Waals surface area (Å²) in [6, 6.07) is 0. The molecule has 0 aliphatic carbocycles. The first-order chi connectivity index (χ1) is 20.8. The van der Waals surface area contributed by atoms with E-state index in [9.17, 15) is 0 Å². The van der Waals surface area contributed by atoms with Crippen molar-refractivity contribution in [3.63, 3.8) is 0 Å². The molecule has 0 unspecified atom stereocenters. The lowest BCUT2D eigenvalue weighted by atomic mass is 11.8. The van der Waals surface area contributed by atoms with Crippen LogP contribution in [0.3, 0.4) is 0 Å². The van der Waals surface area contributed by atoms with Crippen LogP contribution in [0, 0.1) is 0 Å². The molecule has 0 heterocycles. The van der Waals surface area contributed by atoms with Crippen LogP contribution in [0.5, 0.6) is 0 Å². The van der Waals surface area contributed by atoms with Gasteiger partial charge in [0.1, 0.15) is 0 Å². The van der Waals surface area contributed by atoms with Gasteiger partial charge in [0.05, 0.1) is 0 Å². The van der Waals surface area contributed by atoms with Crippen molar-refractivity contribution in [3.8, 4) is 0 Å². The minimum absolute atomic E-state index is 1.51. The molecule has 0 aromatic heterocycles. The molecule has 0 aromatic carbocycles. The van der Waals surface area contributed by atoms with Gasteiger partial charge in [-0.15, -0.1) is 0 Å².